The van der Waals surface area contributed by atoms with Crippen LogP contribution in [0.15, 0.2) is 36.5 Å². The van der Waals surface area contributed by atoms with Crippen molar-refractivity contribution in [2.45, 2.75) is 43.9 Å². The van der Waals surface area contributed by atoms with Gasteiger partial charge in [-0.3, -0.25) is 4.79 Å². The van der Waals surface area contributed by atoms with Crippen LogP contribution in [0.2, 0.25) is 0 Å². The number of carbonyl (C=O) groups excluding carboxylic acids is 1. The topological polar surface area (TPSA) is 69.5 Å². The number of halogens is 2. The monoisotopic (exact) mass is 438 g/mol. The van der Waals surface area contributed by atoms with E-state index < -0.39 is 17.2 Å². The number of hydrogen-bond acceptors (Lipinski definition) is 5. The molecule has 2 saturated heterocycles. The van der Waals surface area contributed by atoms with Gasteiger partial charge in [0.2, 0.25) is 5.91 Å². The van der Waals surface area contributed by atoms with Gasteiger partial charge in [0.15, 0.2) is 11.6 Å². The van der Waals surface area contributed by atoms with E-state index in [1.54, 1.807) is 12.3 Å². The van der Waals surface area contributed by atoms with Gasteiger partial charge in [0.25, 0.3) is 0 Å². The highest BCUT2D eigenvalue weighted by Crippen LogP contribution is 2.50. The zero-order valence-corrected chi connectivity index (χ0v) is 17.8. The minimum absolute atomic E-state index is 0.133. The standard InChI is InChI=1S/C24H24F2N4O2/c1-15-9-17-12-29(13-20(15)30(17)21-6-5-16(10-27)11-28-21)22(31)14-32-24(7-8-24)18-3-2-4-19(25)23(18)26/h2-6,11,15,17,20H,7-9,12-14H2,1H3/t15-,17?,20?/m0/s1. The Labute approximate surface area is 185 Å². The molecule has 2 aromatic rings. The molecule has 2 unspecified atom stereocenters. The van der Waals surface area contributed by atoms with Crippen LogP contribution in [0, 0.1) is 28.9 Å². The molecule has 8 heteroatoms. The van der Waals surface area contributed by atoms with Gasteiger partial charge >= 0.3 is 0 Å². The maximum atomic E-state index is 14.2. The molecule has 3 fully saturated rings. The number of hydrogen-bond donors (Lipinski definition) is 0. The second kappa shape index (κ2) is 7.82. The Morgan fingerprint density at radius 3 is 2.75 bits per heavy atom. The zero-order chi connectivity index (χ0) is 22.5. The molecule has 2 aliphatic heterocycles. The van der Waals surface area contributed by atoms with Gasteiger partial charge in [0, 0.05) is 30.9 Å². The molecule has 0 N–H and O–H groups in total. The molecule has 1 saturated carbocycles. The van der Waals surface area contributed by atoms with Crippen molar-refractivity contribution in [1.82, 2.24) is 9.88 Å². The Bertz CT molecular complexity index is 1080. The van der Waals surface area contributed by atoms with Crippen LogP contribution in [0.4, 0.5) is 14.6 Å². The Hall–Kier alpha value is -3.05. The van der Waals surface area contributed by atoms with Gasteiger partial charge in [-0.05, 0) is 43.4 Å². The molecule has 5 rings (SSSR count). The van der Waals surface area contributed by atoms with Crippen molar-refractivity contribution < 1.29 is 18.3 Å². The van der Waals surface area contributed by atoms with Gasteiger partial charge in [-0.25, -0.2) is 13.8 Å². The summed E-state index contributed by atoms with van der Waals surface area (Å²) < 4.78 is 33.8. The molecule has 1 aliphatic carbocycles. The summed E-state index contributed by atoms with van der Waals surface area (Å²) in [7, 11) is 0. The highest BCUT2D eigenvalue weighted by molar-refractivity contribution is 5.78. The summed E-state index contributed by atoms with van der Waals surface area (Å²) in [6, 6.07) is 10.1. The van der Waals surface area contributed by atoms with E-state index in [0.29, 0.717) is 37.4 Å². The summed E-state index contributed by atoms with van der Waals surface area (Å²) in [6.45, 7) is 3.14. The molecule has 3 aliphatic rings. The number of anilines is 1. The number of likely N-dealkylation sites (tertiary alicyclic amines) is 1. The number of pyridine rings is 1. The lowest BCUT2D eigenvalue weighted by Crippen LogP contribution is -2.57. The lowest BCUT2D eigenvalue weighted by atomic mass is 10.0. The fraction of sp³-hybridized carbons (Fsp3) is 0.458. The lowest BCUT2D eigenvalue weighted by Gasteiger charge is -2.42. The van der Waals surface area contributed by atoms with E-state index in [9.17, 15) is 13.6 Å². The van der Waals surface area contributed by atoms with Crippen LogP contribution in [0.25, 0.3) is 0 Å². The Kier molecular flexibility index (Phi) is 5.09. The summed E-state index contributed by atoms with van der Waals surface area (Å²) in [4.78, 5) is 21.5. The van der Waals surface area contributed by atoms with Crippen molar-refractivity contribution in [3.63, 3.8) is 0 Å². The van der Waals surface area contributed by atoms with Crippen molar-refractivity contribution in [2.24, 2.45) is 5.92 Å². The second-order valence-electron chi connectivity index (χ2n) is 9.04. The van der Waals surface area contributed by atoms with Crippen LogP contribution >= 0.6 is 0 Å². The molecule has 1 aromatic carbocycles. The molecule has 3 atom stereocenters. The average Bonchev–Trinajstić information content (AvgIpc) is 3.56. The van der Waals surface area contributed by atoms with Crippen LogP contribution in [-0.2, 0) is 15.1 Å². The SMILES string of the molecule is C[C@H]1CC2CN(C(=O)COC3(c4cccc(F)c4F)CC3)CC1N2c1ccc(C#N)cn1. The minimum atomic E-state index is -0.901. The molecular formula is C24H24F2N4O2. The number of piperazine rings is 1. The zero-order valence-electron chi connectivity index (χ0n) is 17.8. The average molecular weight is 438 g/mol. The molecular weight excluding hydrogens is 414 g/mol. The summed E-state index contributed by atoms with van der Waals surface area (Å²) >= 11 is 0. The normalized spacial score (nSPS) is 25.5. The highest BCUT2D eigenvalue weighted by atomic mass is 19.2. The summed E-state index contributed by atoms with van der Waals surface area (Å²) in [5, 5.41) is 9.01. The first-order chi connectivity index (χ1) is 15.4. The number of rotatable bonds is 5. The van der Waals surface area contributed by atoms with Gasteiger partial charge in [-0.15, -0.1) is 0 Å². The maximum Gasteiger partial charge on any atom is 0.248 e. The van der Waals surface area contributed by atoms with Crippen LogP contribution in [0.5, 0.6) is 0 Å². The number of carbonyl (C=O) groups is 1. The predicted molar refractivity (Wildman–Crippen MR) is 113 cm³/mol. The van der Waals surface area contributed by atoms with Gasteiger partial charge < -0.3 is 14.5 Å². The number of amides is 1. The third-order valence-corrected chi connectivity index (χ3v) is 7.00. The van der Waals surface area contributed by atoms with Crippen molar-refractivity contribution in [3.05, 3.63) is 59.3 Å². The van der Waals surface area contributed by atoms with Crippen molar-refractivity contribution >= 4 is 11.7 Å². The van der Waals surface area contributed by atoms with E-state index in [4.69, 9.17) is 10.00 Å². The largest absolute Gasteiger partial charge is 0.360 e. The molecule has 2 bridgehead atoms. The summed E-state index contributed by atoms with van der Waals surface area (Å²) in [5.74, 6) is -0.711. The molecule has 0 radical (unpaired) electrons. The lowest BCUT2D eigenvalue weighted by molar-refractivity contribution is -0.140. The summed E-state index contributed by atoms with van der Waals surface area (Å²) in [6.07, 6.45) is 3.67. The molecule has 1 aromatic heterocycles. The Morgan fingerprint density at radius 1 is 1.28 bits per heavy atom. The number of ether oxygens (including phenoxy) is 1. The maximum absolute atomic E-state index is 14.2. The number of nitrogens with zero attached hydrogens (tertiary/aromatic N) is 4. The van der Waals surface area contributed by atoms with E-state index in [1.165, 1.54) is 12.1 Å². The molecule has 166 valence electrons. The molecule has 6 nitrogen and oxygen atoms in total. The third kappa shape index (κ3) is 3.51. The van der Waals surface area contributed by atoms with Crippen molar-refractivity contribution in [1.29, 1.82) is 5.26 Å². The van der Waals surface area contributed by atoms with E-state index >= 15 is 0 Å². The first-order valence-electron chi connectivity index (χ1n) is 10.9. The molecule has 0 spiro atoms. The number of nitriles is 1. The summed E-state index contributed by atoms with van der Waals surface area (Å²) in [5.41, 5.74) is -0.193. The highest BCUT2D eigenvalue weighted by Gasteiger charge is 2.50. The third-order valence-electron chi connectivity index (χ3n) is 7.00. The van der Waals surface area contributed by atoms with Crippen LogP contribution in [0.3, 0.4) is 0 Å². The number of fused-ring (bicyclic) bond motifs is 2. The van der Waals surface area contributed by atoms with Gasteiger partial charge in [-0.1, -0.05) is 19.1 Å². The van der Waals surface area contributed by atoms with Crippen LogP contribution in [0.1, 0.15) is 37.3 Å². The fourth-order valence-electron chi connectivity index (χ4n) is 5.15. The Balaban J connectivity index is 1.26. The van der Waals surface area contributed by atoms with E-state index in [0.717, 1.165) is 18.3 Å². The van der Waals surface area contributed by atoms with E-state index in [2.05, 4.69) is 22.9 Å². The smallest absolute Gasteiger partial charge is 0.248 e. The fourth-order valence-corrected chi connectivity index (χ4v) is 5.15. The van der Waals surface area contributed by atoms with Gasteiger partial charge in [-0.2, -0.15) is 5.26 Å². The van der Waals surface area contributed by atoms with E-state index in [-0.39, 0.29) is 30.2 Å². The van der Waals surface area contributed by atoms with Crippen molar-refractivity contribution in [3.8, 4) is 6.07 Å². The number of aromatic nitrogens is 1. The molecule has 1 amide bonds. The quantitative estimate of drug-likeness (QED) is 0.716. The molecule has 3 heterocycles. The minimum Gasteiger partial charge on any atom is -0.360 e. The predicted octanol–water partition coefficient (Wildman–Crippen LogP) is 3.36. The second-order valence-corrected chi connectivity index (χ2v) is 9.04. The first kappa shape index (κ1) is 20.8. The van der Waals surface area contributed by atoms with Crippen LogP contribution in [-0.4, -0.2) is 47.6 Å². The Morgan fingerprint density at radius 2 is 2.09 bits per heavy atom. The number of benzene rings is 1. The van der Waals surface area contributed by atoms with Crippen LogP contribution < -0.4 is 4.90 Å². The van der Waals surface area contributed by atoms with Gasteiger partial charge in [0.1, 0.15) is 18.5 Å². The van der Waals surface area contributed by atoms with Gasteiger partial charge in [0.05, 0.1) is 17.2 Å². The van der Waals surface area contributed by atoms with Crippen molar-refractivity contribution in [2.75, 3.05) is 24.6 Å². The molecule has 32 heavy (non-hydrogen) atoms. The van der Waals surface area contributed by atoms with E-state index in [1.807, 2.05) is 11.0 Å². The first-order valence-corrected chi connectivity index (χ1v) is 10.9.